The van der Waals surface area contributed by atoms with Crippen LogP contribution in [-0.4, -0.2) is 56.6 Å². The van der Waals surface area contributed by atoms with Crippen LogP contribution in [0.25, 0.3) is 0 Å². The topological polar surface area (TPSA) is 41.6 Å². The highest BCUT2D eigenvalue weighted by molar-refractivity contribution is 6.03. The molecule has 2 aromatic rings. The smallest absolute Gasteiger partial charge is 0.183 e. The molecule has 27 heavy (non-hydrogen) atoms. The number of nitrogens with one attached hydrogen (secondary N) is 1. The summed E-state index contributed by atoms with van der Waals surface area (Å²) in [5.41, 5.74) is 1.48. The molecule has 1 fully saturated rings. The lowest BCUT2D eigenvalue weighted by molar-refractivity contribution is 0.0666. The summed E-state index contributed by atoms with van der Waals surface area (Å²) in [4.78, 5) is 15.2. The lowest BCUT2D eigenvalue weighted by Gasteiger charge is -2.38. The molecular weight excluding hydrogens is 336 g/mol. The van der Waals surface area contributed by atoms with Gasteiger partial charge < -0.3 is 10.1 Å². The van der Waals surface area contributed by atoms with Gasteiger partial charge in [0.05, 0.1) is 18.8 Å². The Morgan fingerprint density at radius 3 is 1.96 bits per heavy atom. The van der Waals surface area contributed by atoms with Crippen molar-refractivity contribution in [2.75, 3.05) is 40.4 Å². The van der Waals surface area contributed by atoms with Gasteiger partial charge in [-0.2, -0.15) is 0 Å². The van der Waals surface area contributed by atoms with Crippen molar-refractivity contribution in [2.24, 2.45) is 0 Å². The molecule has 1 heterocycles. The first-order chi connectivity index (χ1) is 13.1. The van der Waals surface area contributed by atoms with Crippen LogP contribution in [0.1, 0.15) is 29.3 Å². The van der Waals surface area contributed by atoms with Gasteiger partial charge in [-0.1, -0.05) is 67.6 Å². The molecule has 0 bridgehead atoms. The maximum absolute atomic E-state index is 13.1. The Hall–Kier alpha value is -2.01. The molecule has 1 unspecified atom stereocenters. The van der Waals surface area contributed by atoms with E-state index in [2.05, 4.69) is 29.3 Å². The van der Waals surface area contributed by atoms with Gasteiger partial charge in [0.15, 0.2) is 5.78 Å². The minimum atomic E-state index is -0.497. The van der Waals surface area contributed by atoms with E-state index in [-0.39, 0.29) is 5.78 Å². The number of ether oxygens (including phenoxy) is 1. The fourth-order valence-electron chi connectivity index (χ4n) is 3.35. The van der Waals surface area contributed by atoms with Gasteiger partial charge in [-0.05, 0) is 32.5 Å². The molecule has 4 heteroatoms. The second-order valence-electron chi connectivity index (χ2n) is 7.00. The Labute approximate surface area is 163 Å². The van der Waals surface area contributed by atoms with Crippen LogP contribution in [0.5, 0.6) is 0 Å². The standard InChI is InChI=1S/C19H23NO.C4H9NO/c1-4-19(20(2)3,15-16-11-7-5-8-12-16)18(21)17-13-9-6-10-14-17;1-3-6-4-2-5-1/h5-14H,4,15H2,1-3H3;5H,1-4H2. The van der Waals surface area contributed by atoms with Crippen molar-refractivity contribution in [3.63, 3.8) is 0 Å². The summed E-state index contributed by atoms with van der Waals surface area (Å²) in [5.74, 6) is 0.194. The van der Waals surface area contributed by atoms with Crippen molar-refractivity contribution >= 4 is 5.78 Å². The second kappa shape index (κ2) is 11.0. The summed E-state index contributed by atoms with van der Waals surface area (Å²) >= 11 is 0. The van der Waals surface area contributed by atoms with Crippen LogP contribution in [0, 0.1) is 0 Å². The van der Waals surface area contributed by atoms with E-state index in [4.69, 9.17) is 4.74 Å². The number of hydrogen-bond acceptors (Lipinski definition) is 4. The summed E-state index contributed by atoms with van der Waals surface area (Å²) in [6, 6.07) is 19.8. The molecule has 1 atom stereocenters. The Kier molecular flexibility index (Phi) is 8.65. The molecule has 0 spiro atoms. The predicted octanol–water partition coefficient (Wildman–Crippen LogP) is 3.43. The van der Waals surface area contributed by atoms with Crippen molar-refractivity contribution in [2.45, 2.75) is 25.3 Å². The molecule has 2 aromatic carbocycles. The van der Waals surface area contributed by atoms with E-state index in [1.54, 1.807) is 0 Å². The summed E-state index contributed by atoms with van der Waals surface area (Å²) < 4.78 is 5.01. The molecule has 0 aromatic heterocycles. The Balaban J connectivity index is 0.000000369. The number of likely N-dealkylation sites (N-methyl/N-ethyl adjacent to an activating group) is 1. The third-order valence-electron chi connectivity index (χ3n) is 5.09. The van der Waals surface area contributed by atoms with E-state index in [1.807, 2.05) is 62.6 Å². The molecule has 3 rings (SSSR count). The molecule has 1 aliphatic rings. The summed E-state index contributed by atoms with van der Waals surface area (Å²) in [5, 5.41) is 3.16. The van der Waals surface area contributed by atoms with Gasteiger partial charge in [-0.3, -0.25) is 9.69 Å². The summed E-state index contributed by atoms with van der Waals surface area (Å²) in [7, 11) is 3.99. The van der Waals surface area contributed by atoms with Gasteiger partial charge in [0.25, 0.3) is 0 Å². The highest BCUT2D eigenvalue weighted by Crippen LogP contribution is 2.27. The first-order valence-electron chi connectivity index (χ1n) is 9.70. The molecule has 1 saturated heterocycles. The normalized spacial score (nSPS) is 16.1. The quantitative estimate of drug-likeness (QED) is 0.793. The monoisotopic (exact) mass is 368 g/mol. The maximum atomic E-state index is 13.1. The largest absolute Gasteiger partial charge is 0.379 e. The minimum absolute atomic E-state index is 0.194. The van der Waals surface area contributed by atoms with E-state index in [9.17, 15) is 4.79 Å². The van der Waals surface area contributed by atoms with Gasteiger partial charge in [-0.15, -0.1) is 0 Å². The van der Waals surface area contributed by atoms with E-state index in [1.165, 1.54) is 5.56 Å². The fourth-order valence-corrected chi connectivity index (χ4v) is 3.35. The number of morpholine rings is 1. The zero-order valence-corrected chi connectivity index (χ0v) is 16.8. The molecule has 146 valence electrons. The minimum Gasteiger partial charge on any atom is -0.379 e. The number of carbonyl (C=O) groups is 1. The van der Waals surface area contributed by atoms with E-state index >= 15 is 0 Å². The first kappa shape index (κ1) is 21.3. The van der Waals surface area contributed by atoms with Crippen LogP contribution in [0.3, 0.4) is 0 Å². The van der Waals surface area contributed by atoms with E-state index in [0.717, 1.165) is 44.7 Å². The van der Waals surface area contributed by atoms with Crippen LogP contribution < -0.4 is 5.32 Å². The van der Waals surface area contributed by atoms with Crippen LogP contribution in [0.4, 0.5) is 0 Å². The molecule has 0 radical (unpaired) electrons. The van der Waals surface area contributed by atoms with Crippen molar-refractivity contribution in [1.29, 1.82) is 0 Å². The van der Waals surface area contributed by atoms with Crippen molar-refractivity contribution < 1.29 is 9.53 Å². The number of hydrogen-bond donors (Lipinski definition) is 1. The van der Waals surface area contributed by atoms with Crippen molar-refractivity contribution in [1.82, 2.24) is 10.2 Å². The van der Waals surface area contributed by atoms with E-state index < -0.39 is 5.54 Å². The zero-order chi connectivity index (χ0) is 19.5. The third-order valence-corrected chi connectivity index (χ3v) is 5.09. The molecule has 4 nitrogen and oxygen atoms in total. The summed E-state index contributed by atoms with van der Waals surface area (Å²) in [6.45, 7) is 5.92. The number of benzene rings is 2. The molecule has 1 aliphatic heterocycles. The first-order valence-corrected chi connectivity index (χ1v) is 9.70. The average molecular weight is 369 g/mol. The fraction of sp³-hybridized carbons (Fsp3) is 0.435. The van der Waals surface area contributed by atoms with Crippen LogP contribution in [0.2, 0.25) is 0 Å². The van der Waals surface area contributed by atoms with Gasteiger partial charge >= 0.3 is 0 Å². The van der Waals surface area contributed by atoms with Crippen LogP contribution in [0.15, 0.2) is 60.7 Å². The highest BCUT2D eigenvalue weighted by Gasteiger charge is 2.39. The highest BCUT2D eigenvalue weighted by atomic mass is 16.5. The summed E-state index contributed by atoms with van der Waals surface area (Å²) in [6.07, 6.45) is 1.51. The van der Waals surface area contributed by atoms with Gasteiger partial charge in [0, 0.05) is 18.7 Å². The molecule has 0 aliphatic carbocycles. The number of nitrogens with zero attached hydrogens (tertiary/aromatic N) is 1. The number of rotatable bonds is 6. The van der Waals surface area contributed by atoms with E-state index in [0.29, 0.717) is 0 Å². The number of Topliss-reactive ketones (excluding diaryl/α,β-unsaturated/α-hetero) is 1. The lowest BCUT2D eigenvalue weighted by Crippen LogP contribution is -2.52. The second-order valence-corrected chi connectivity index (χ2v) is 7.00. The van der Waals surface area contributed by atoms with Crippen molar-refractivity contribution in [3.05, 3.63) is 71.8 Å². The molecule has 0 saturated carbocycles. The maximum Gasteiger partial charge on any atom is 0.183 e. The third kappa shape index (κ3) is 5.99. The van der Waals surface area contributed by atoms with Crippen molar-refractivity contribution in [3.8, 4) is 0 Å². The Morgan fingerprint density at radius 2 is 1.56 bits per heavy atom. The molecular formula is C23H32N2O2. The predicted molar refractivity (Wildman–Crippen MR) is 111 cm³/mol. The number of ketones is 1. The SMILES string of the molecule is C1COCCN1.CCC(Cc1ccccc1)(C(=O)c1ccccc1)N(C)C. The Bertz CT molecular complexity index is 658. The number of carbonyl (C=O) groups excluding carboxylic acids is 1. The van der Waals surface area contributed by atoms with Gasteiger partial charge in [-0.25, -0.2) is 0 Å². The molecule has 1 N–H and O–H groups in total. The molecule has 0 amide bonds. The lowest BCUT2D eigenvalue weighted by atomic mass is 9.80. The van der Waals surface area contributed by atoms with Gasteiger partial charge in [0.2, 0.25) is 0 Å². The Morgan fingerprint density at radius 1 is 1.00 bits per heavy atom. The van der Waals surface area contributed by atoms with Gasteiger partial charge in [0.1, 0.15) is 0 Å². The van der Waals surface area contributed by atoms with Crippen LogP contribution in [-0.2, 0) is 11.2 Å². The van der Waals surface area contributed by atoms with Crippen LogP contribution >= 0.6 is 0 Å². The zero-order valence-electron chi connectivity index (χ0n) is 16.8. The average Bonchev–Trinajstić information content (AvgIpc) is 2.74.